The molecule has 1 aromatic carbocycles. The van der Waals surface area contributed by atoms with Crippen LogP contribution in [0.2, 0.25) is 10.0 Å². The Balaban J connectivity index is 2.20. The molecule has 0 aliphatic heterocycles. The largest absolute Gasteiger partial charge is 0.310 e. The standard InChI is InChI=1S/C13H17Cl2N/c1-2-8-16-13(9-6-7-9)10-4-3-5-11(14)12(10)15/h3-5,9,13,16H,2,6-8H2,1H3. The van der Waals surface area contributed by atoms with Crippen LogP contribution >= 0.6 is 23.2 Å². The zero-order valence-corrected chi connectivity index (χ0v) is 11.0. The van der Waals surface area contributed by atoms with E-state index in [0.29, 0.717) is 16.1 Å². The fraction of sp³-hybridized carbons (Fsp3) is 0.538. The second-order valence-electron chi connectivity index (χ2n) is 4.41. The van der Waals surface area contributed by atoms with Crippen molar-refractivity contribution >= 4 is 23.2 Å². The quantitative estimate of drug-likeness (QED) is 0.823. The molecule has 1 saturated carbocycles. The third kappa shape index (κ3) is 2.71. The van der Waals surface area contributed by atoms with Gasteiger partial charge in [-0.1, -0.05) is 42.3 Å². The monoisotopic (exact) mass is 257 g/mol. The average Bonchev–Trinajstić information content (AvgIpc) is 3.08. The molecule has 1 aliphatic rings. The molecule has 16 heavy (non-hydrogen) atoms. The van der Waals surface area contributed by atoms with Crippen molar-refractivity contribution in [2.75, 3.05) is 6.54 Å². The summed E-state index contributed by atoms with van der Waals surface area (Å²) in [6.45, 7) is 3.21. The highest BCUT2D eigenvalue weighted by atomic mass is 35.5. The molecule has 0 amide bonds. The first-order valence-corrected chi connectivity index (χ1v) is 6.67. The summed E-state index contributed by atoms with van der Waals surface area (Å²) < 4.78 is 0. The molecule has 0 saturated heterocycles. The smallest absolute Gasteiger partial charge is 0.0640 e. The molecular weight excluding hydrogens is 241 g/mol. The van der Waals surface area contributed by atoms with E-state index in [-0.39, 0.29) is 0 Å². The number of rotatable bonds is 5. The van der Waals surface area contributed by atoms with Crippen molar-refractivity contribution < 1.29 is 0 Å². The van der Waals surface area contributed by atoms with Gasteiger partial charge in [0.2, 0.25) is 0 Å². The Kier molecular flexibility index (Phi) is 4.12. The van der Waals surface area contributed by atoms with Gasteiger partial charge < -0.3 is 5.32 Å². The minimum Gasteiger partial charge on any atom is -0.310 e. The van der Waals surface area contributed by atoms with E-state index >= 15 is 0 Å². The summed E-state index contributed by atoms with van der Waals surface area (Å²) in [6.07, 6.45) is 3.73. The number of benzene rings is 1. The van der Waals surface area contributed by atoms with Gasteiger partial charge in [0.25, 0.3) is 0 Å². The predicted molar refractivity (Wildman–Crippen MR) is 70.2 cm³/mol. The molecule has 2 rings (SSSR count). The fourth-order valence-electron chi connectivity index (χ4n) is 2.02. The van der Waals surface area contributed by atoms with Crippen LogP contribution in [0.15, 0.2) is 18.2 Å². The van der Waals surface area contributed by atoms with Gasteiger partial charge in [-0.05, 0) is 43.4 Å². The second kappa shape index (κ2) is 5.39. The van der Waals surface area contributed by atoms with Crippen LogP contribution < -0.4 is 5.32 Å². The lowest BCUT2D eigenvalue weighted by Gasteiger charge is -2.20. The SMILES string of the molecule is CCCNC(c1cccc(Cl)c1Cl)C1CC1. The molecule has 0 heterocycles. The molecule has 1 aromatic rings. The first kappa shape index (κ1) is 12.2. The van der Waals surface area contributed by atoms with Crippen LogP contribution in [-0.2, 0) is 0 Å². The topological polar surface area (TPSA) is 12.0 Å². The summed E-state index contributed by atoms with van der Waals surface area (Å²) >= 11 is 12.3. The molecule has 3 heteroatoms. The van der Waals surface area contributed by atoms with Crippen LogP contribution in [-0.4, -0.2) is 6.54 Å². The van der Waals surface area contributed by atoms with Crippen molar-refractivity contribution in [3.05, 3.63) is 33.8 Å². The Morgan fingerprint density at radius 1 is 1.38 bits per heavy atom. The minimum absolute atomic E-state index is 0.381. The van der Waals surface area contributed by atoms with Crippen molar-refractivity contribution in [3.63, 3.8) is 0 Å². The fourth-order valence-corrected chi connectivity index (χ4v) is 2.45. The van der Waals surface area contributed by atoms with Crippen molar-refractivity contribution in [1.82, 2.24) is 5.32 Å². The van der Waals surface area contributed by atoms with E-state index in [9.17, 15) is 0 Å². The Labute approximate surface area is 107 Å². The number of nitrogens with one attached hydrogen (secondary N) is 1. The van der Waals surface area contributed by atoms with Crippen molar-refractivity contribution in [3.8, 4) is 0 Å². The lowest BCUT2D eigenvalue weighted by Crippen LogP contribution is -2.24. The number of halogens is 2. The molecular formula is C13H17Cl2N. The third-order valence-corrected chi connectivity index (χ3v) is 3.86. The van der Waals surface area contributed by atoms with Gasteiger partial charge in [0.15, 0.2) is 0 Å². The van der Waals surface area contributed by atoms with Crippen LogP contribution in [0.4, 0.5) is 0 Å². The van der Waals surface area contributed by atoms with E-state index in [0.717, 1.165) is 24.4 Å². The molecule has 1 atom stereocenters. The van der Waals surface area contributed by atoms with Gasteiger partial charge in [0.1, 0.15) is 0 Å². The Hall–Kier alpha value is -0.240. The summed E-state index contributed by atoms with van der Waals surface area (Å²) in [6, 6.07) is 6.29. The van der Waals surface area contributed by atoms with Gasteiger partial charge in [0.05, 0.1) is 10.0 Å². The lowest BCUT2D eigenvalue weighted by atomic mass is 10.0. The Bertz CT molecular complexity index is 361. The Morgan fingerprint density at radius 3 is 2.75 bits per heavy atom. The molecule has 1 nitrogen and oxygen atoms in total. The van der Waals surface area contributed by atoms with E-state index in [1.165, 1.54) is 12.8 Å². The average molecular weight is 258 g/mol. The second-order valence-corrected chi connectivity index (χ2v) is 5.20. The maximum atomic E-state index is 6.27. The highest BCUT2D eigenvalue weighted by Gasteiger charge is 2.33. The van der Waals surface area contributed by atoms with E-state index in [4.69, 9.17) is 23.2 Å². The molecule has 1 N–H and O–H groups in total. The molecule has 0 radical (unpaired) electrons. The zero-order chi connectivity index (χ0) is 11.5. The zero-order valence-electron chi connectivity index (χ0n) is 9.47. The first-order chi connectivity index (χ1) is 7.74. The van der Waals surface area contributed by atoms with Crippen LogP contribution in [0, 0.1) is 5.92 Å². The molecule has 1 fully saturated rings. The van der Waals surface area contributed by atoms with Crippen LogP contribution in [0.5, 0.6) is 0 Å². The molecule has 0 spiro atoms. The molecule has 0 bridgehead atoms. The van der Waals surface area contributed by atoms with Gasteiger partial charge in [-0.15, -0.1) is 0 Å². The third-order valence-electron chi connectivity index (χ3n) is 3.02. The van der Waals surface area contributed by atoms with Crippen molar-refractivity contribution in [2.24, 2.45) is 5.92 Å². The van der Waals surface area contributed by atoms with E-state index in [2.05, 4.69) is 18.3 Å². The normalized spacial score (nSPS) is 17.4. The maximum absolute atomic E-state index is 6.27. The summed E-state index contributed by atoms with van der Waals surface area (Å²) in [5.41, 5.74) is 1.16. The van der Waals surface area contributed by atoms with E-state index in [1.807, 2.05) is 12.1 Å². The summed E-state index contributed by atoms with van der Waals surface area (Å²) in [4.78, 5) is 0. The maximum Gasteiger partial charge on any atom is 0.0640 e. The summed E-state index contributed by atoms with van der Waals surface area (Å²) in [5, 5.41) is 4.94. The lowest BCUT2D eigenvalue weighted by molar-refractivity contribution is 0.481. The van der Waals surface area contributed by atoms with E-state index < -0.39 is 0 Å². The van der Waals surface area contributed by atoms with Gasteiger partial charge in [-0.3, -0.25) is 0 Å². The van der Waals surface area contributed by atoms with Crippen molar-refractivity contribution in [2.45, 2.75) is 32.2 Å². The first-order valence-electron chi connectivity index (χ1n) is 5.91. The summed E-state index contributed by atoms with van der Waals surface area (Å²) in [5.74, 6) is 0.738. The van der Waals surface area contributed by atoms with Crippen LogP contribution in [0.3, 0.4) is 0 Å². The highest BCUT2D eigenvalue weighted by Crippen LogP contribution is 2.44. The molecule has 1 aliphatic carbocycles. The summed E-state index contributed by atoms with van der Waals surface area (Å²) in [7, 11) is 0. The number of hydrogen-bond acceptors (Lipinski definition) is 1. The minimum atomic E-state index is 0.381. The predicted octanol–water partition coefficient (Wildman–Crippen LogP) is 4.44. The van der Waals surface area contributed by atoms with Crippen LogP contribution in [0.1, 0.15) is 37.8 Å². The molecule has 88 valence electrons. The van der Waals surface area contributed by atoms with Gasteiger partial charge >= 0.3 is 0 Å². The Morgan fingerprint density at radius 2 is 2.12 bits per heavy atom. The van der Waals surface area contributed by atoms with Gasteiger partial charge in [-0.2, -0.15) is 0 Å². The molecule has 1 unspecified atom stereocenters. The number of hydrogen-bond donors (Lipinski definition) is 1. The molecule has 0 aromatic heterocycles. The van der Waals surface area contributed by atoms with Gasteiger partial charge in [-0.25, -0.2) is 0 Å². The van der Waals surface area contributed by atoms with Crippen LogP contribution in [0.25, 0.3) is 0 Å². The van der Waals surface area contributed by atoms with Crippen molar-refractivity contribution in [1.29, 1.82) is 0 Å². The highest BCUT2D eigenvalue weighted by molar-refractivity contribution is 6.42. The van der Waals surface area contributed by atoms with Gasteiger partial charge in [0, 0.05) is 6.04 Å². The van der Waals surface area contributed by atoms with E-state index in [1.54, 1.807) is 0 Å².